The van der Waals surface area contributed by atoms with Crippen molar-refractivity contribution in [2.24, 2.45) is 4.99 Å². The Bertz CT molecular complexity index is 519. The van der Waals surface area contributed by atoms with Crippen LogP contribution in [-0.4, -0.2) is 42.3 Å². The lowest BCUT2D eigenvalue weighted by molar-refractivity contribution is 0.231. The number of hydrogen-bond donors (Lipinski definition) is 1. The van der Waals surface area contributed by atoms with Gasteiger partial charge in [0.2, 0.25) is 0 Å². The Balaban J connectivity index is 0.00000264. The Morgan fingerprint density at radius 1 is 1.41 bits per heavy atom. The van der Waals surface area contributed by atoms with E-state index in [0.717, 1.165) is 30.2 Å². The first-order chi connectivity index (χ1) is 10.8. The summed E-state index contributed by atoms with van der Waals surface area (Å²) >= 11 is 0. The average molecular weight is 300 g/mol. The average Bonchev–Trinajstić information content (AvgIpc) is 2.57. The highest BCUT2D eigenvalue weighted by Gasteiger charge is 2.08. The minimum atomic E-state index is 0. The summed E-state index contributed by atoms with van der Waals surface area (Å²) in [4.78, 5) is 11.3. The summed E-state index contributed by atoms with van der Waals surface area (Å²) in [5.41, 5.74) is 2.58. The largest absolute Gasteiger partial charge is 0.383 e. The van der Waals surface area contributed by atoms with Crippen molar-refractivity contribution >= 4 is 11.9 Å². The SMILES string of the molecule is C=C(C=N/C(=C\C)c1ccccn1)NCCN1CCCCC1.[HH]. The molecule has 0 unspecified atom stereocenters. The molecular formula is C18H28N4. The van der Waals surface area contributed by atoms with Crippen LogP contribution in [0.4, 0.5) is 0 Å². The van der Waals surface area contributed by atoms with Crippen LogP contribution >= 0.6 is 0 Å². The van der Waals surface area contributed by atoms with E-state index in [-0.39, 0.29) is 1.43 Å². The lowest BCUT2D eigenvalue weighted by Gasteiger charge is -2.26. The van der Waals surface area contributed by atoms with Gasteiger partial charge in [-0.1, -0.05) is 25.1 Å². The van der Waals surface area contributed by atoms with Gasteiger partial charge >= 0.3 is 0 Å². The lowest BCUT2D eigenvalue weighted by atomic mass is 10.1. The van der Waals surface area contributed by atoms with Crippen LogP contribution in [0.2, 0.25) is 0 Å². The van der Waals surface area contributed by atoms with Gasteiger partial charge < -0.3 is 10.2 Å². The minimum Gasteiger partial charge on any atom is -0.383 e. The van der Waals surface area contributed by atoms with E-state index in [1.54, 1.807) is 12.4 Å². The molecule has 1 aromatic rings. The van der Waals surface area contributed by atoms with Crippen molar-refractivity contribution < 1.29 is 1.43 Å². The van der Waals surface area contributed by atoms with Gasteiger partial charge in [0.05, 0.1) is 17.6 Å². The Morgan fingerprint density at radius 2 is 2.23 bits per heavy atom. The molecule has 1 aromatic heterocycles. The van der Waals surface area contributed by atoms with Gasteiger partial charge in [-0.2, -0.15) is 0 Å². The number of nitrogens with one attached hydrogen (secondary N) is 1. The molecule has 0 amide bonds. The zero-order valence-corrected chi connectivity index (χ0v) is 13.5. The zero-order chi connectivity index (χ0) is 15.6. The number of piperidine rings is 1. The van der Waals surface area contributed by atoms with Crippen LogP contribution in [0.5, 0.6) is 0 Å². The molecule has 22 heavy (non-hydrogen) atoms. The molecule has 4 nitrogen and oxygen atoms in total. The summed E-state index contributed by atoms with van der Waals surface area (Å²) in [6, 6.07) is 5.83. The maximum atomic E-state index is 4.48. The highest BCUT2D eigenvalue weighted by Crippen LogP contribution is 2.12. The van der Waals surface area contributed by atoms with Crippen molar-refractivity contribution in [2.45, 2.75) is 26.2 Å². The number of nitrogens with zero attached hydrogens (tertiary/aromatic N) is 3. The highest BCUT2D eigenvalue weighted by molar-refractivity contribution is 5.82. The first kappa shape index (κ1) is 16.4. The number of pyridine rings is 1. The first-order valence-electron chi connectivity index (χ1n) is 8.06. The van der Waals surface area contributed by atoms with E-state index in [9.17, 15) is 0 Å². The van der Waals surface area contributed by atoms with Crippen molar-refractivity contribution in [2.75, 3.05) is 26.2 Å². The van der Waals surface area contributed by atoms with E-state index in [1.807, 2.05) is 31.2 Å². The monoisotopic (exact) mass is 300 g/mol. The number of aliphatic imine (C=N–C) groups is 1. The molecule has 0 spiro atoms. The second-order valence-corrected chi connectivity index (χ2v) is 5.50. The van der Waals surface area contributed by atoms with Crippen molar-refractivity contribution in [3.05, 3.63) is 48.4 Å². The molecule has 1 aliphatic rings. The molecule has 0 atom stereocenters. The van der Waals surface area contributed by atoms with Crippen molar-refractivity contribution in [3.63, 3.8) is 0 Å². The van der Waals surface area contributed by atoms with E-state index in [2.05, 4.69) is 26.8 Å². The van der Waals surface area contributed by atoms with E-state index < -0.39 is 0 Å². The lowest BCUT2D eigenvalue weighted by Crippen LogP contribution is -2.35. The quantitative estimate of drug-likeness (QED) is 0.785. The fraction of sp³-hybridized carbons (Fsp3) is 0.444. The number of likely N-dealkylation sites (tertiary alicyclic amines) is 1. The summed E-state index contributed by atoms with van der Waals surface area (Å²) in [6.07, 6.45) is 9.55. The summed E-state index contributed by atoms with van der Waals surface area (Å²) in [6.45, 7) is 10.4. The van der Waals surface area contributed by atoms with Crippen LogP contribution < -0.4 is 5.32 Å². The molecule has 2 heterocycles. The molecule has 0 aromatic carbocycles. The smallest absolute Gasteiger partial charge is 0.0882 e. The molecule has 0 bridgehead atoms. The molecule has 1 saturated heterocycles. The summed E-state index contributed by atoms with van der Waals surface area (Å²) in [5, 5.41) is 3.33. The van der Waals surface area contributed by atoms with Gasteiger partial charge in [-0.25, -0.2) is 0 Å². The Kier molecular flexibility index (Phi) is 6.84. The number of aromatic nitrogens is 1. The Morgan fingerprint density at radius 3 is 2.91 bits per heavy atom. The molecule has 1 aliphatic heterocycles. The molecule has 4 heteroatoms. The van der Waals surface area contributed by atoms with E-state index >= 15 is 0 Å². The van der Waals surface area contributed by atoms with Crippen LogP contribution in [0.25, 0.3) is 5.70 Å². The summed E-state index contributed by atoms with van der Waals surface area (Å²) in [7, 11) is 0. The third-order valence-corrected chi connectivity index (χ3v) is 3.79. The van der Waals surface area contributed by atoms with Gasteiger partial charge in [0.25, 0.3) is 0 Å². The van der Waals surface area contributed by atoms with E-state index in [1.165, 1.54) is 32.4 Å². The van der Waals surface area contributed by atoms with Gasteiger partial charge in [-0.3, -0.25) is 9.98 Å². The second-order valence-electron chi connectivity index (χ2n) is 5.50. The Hall–Kier alpha value is -1.94. The van der Waals surface area contributed by atoms with Crippen LogP contribution in [0.3, 0.4) is 0 Å². The van der Waals surface area contributed by atoms with E-state index in [0.29, 0.717) is 0 Å². The van der Waals surface area contributed by atoms with Gasteiger partial charge in [-0.05, 0) is 45.0 Å². The van der Waals surface area contributed by atoms with Gasteiger partial charge in [0, 0.05) is 26.4 Å². The van der Waals surface area contributed by atoms with Crippen LogP contribution in [0, 0.1) is 0 Å². The fourth-order valence-corrected chi connectivity index (χ4v) is 2.55. The molecule has 1 N–H and O–H groups in total. The Labute approximate surface area is 135 Å². The van der Waals surface area contributed by atoms with Crippen LogP contribution in [-0.2, 0) is 0 Å². The highest BCUT2D eigenvalue weighted by atomic mass is 15.1. The van der Waals surface area contributed by atoms with Gasteiger partial charge in [-0.15, -0.1) is 0 Å². The maximum Gasteiger partial charge on any atom is 0.0882 e. The summed E-state index contributed by atoms with van der Waals surface area (Å²) in [5.74, 6) is 0. The molecule has 0 radical (unpaired) electrons. The summed E-state index contributed by atoms with van der Waals surface area (Å²) < 4.78 is 0. The zero-order valence-electron chi connectivity index (χ0n) is 13.5. The van der Waals surface area contributed by atoms with Crippen molar-refractivity contribution in [3.8, 4) is 0 Å². The first-order valence-corrected chi connectivity index (χ1v) is 8.06. The topological polar surface area (TPSA) is 40.5 Å². The normalized spacial score (nSPS) is 16.9. The molecule has 120 valence electrons. The molecule has 2 rings (SSSR count). The number of rotatable bonds is 7. The van der Waals surface area contributed by atoms with Crippen molar-refractivity contribution in [1.29, 1.82) is 0 Å². The third-order valence-electron chi connectivity index (χ3n) is 3.79. The predicted molar refractivity (Wildman–Crippen MR) is 95.9 cm³/mol. The second kappa shape index (κ2) is 9.15. The van der Waals surface area contributed by atoms with E-state index in [4.69, 9.17) is 0 Å². The molecule has 1 fully saturated rings. The maximum absolute atomic E-state index is 4.48. The van der Waals surface area contributed by atoms with Crippen LogP contribution in [0.15, 0.2) is 47.7 Å². The molecule has 0 aliphatic carbocycles. The van der Waals surface area contributed by atoms with Gasteiger partial charge in [0.1, 0.15) is 0 Å². The van der Waals surface area contributed by atoms with Crippen molar-refractivity contribution in [1.82, 2.24) is 15.2 Å². The standard InChI is InChI=1S/C18H26N4.H2/c1-3-17(18-9-5-6-10-20-18)21-15-16(2)19-11-14-22-12-7-4-8-13-22;/h3,5-6,9-10,15,19H,2,4,7-8,11-14H2,1H3;1H/b17-3-,21-15?;. The minimum absolute atomic E-state index is 0. The fourth-order valence-electron chi connectivity index (χ4n) is 2.55. The molecular weight excluding hydrogens is 272 g/mol. The van der Waals surface area contributed by atoms with Crippen LogP contribution in [0.1, 0.15) is 33.3 Å². The molecule has 0 saturated carbocycles. The number of allylic oxidation sites excluding steroid dienone is 2. The van der Waals surface area contributed by atoms with Gasteiger partial charge in [0.15, 0.2) is 0 Å². The number of hydrogen-bond acceptors (Lipinski definition) is 4. The third kappa shape index (κ3) is 5.45. The predicted octanol–water partition coefficient (Wildman–Crippen LogP) is 3.35.